The second-order valence-electron chi connectivity index (χ2n) is 8.89. The molecule has 0 bridgehead atoms. The van der Waals surface area contributed by atoms with Crippen LogP contribution in [0.25, 0.3) is 0 Å². The van der Waals surface area contributed by atoms with Gasteiger partial charge in [-0.3, -0.25) is 14.5 Å². The number of ether oxygens (including phenoxy) is 1. The molecule has 4 nitrogen and oxygen atoms in total. The van der Waals surface area contributed by atoms with E-state index in [0.29, 0.717) is 18.8 Å². The highest BCUT2D eigenvalue weighted by Crippen LogP contribution is 2.44. The van der Waals surface area contributed by atoms with Crippen LogP contribution in [0.3, 0.4) is 0 Å². The van der Waals surface area contributed by atoms with E-state index in [-0.39, 0.29) is 29.8 Å². The van der Waals surface area contributed by atoms with Gasteiger partial charge in [-0.15, -0.1) is 0 Å². The third-order valence-corrected chi connectivity index (χ3v) is 6.63. The van der Waals surface area contributed by atoms with Gasteiger partial charge in [-0.1, -0.05) is 42.5 Å². The highest BCUT2D eigenvalue weighted by Gasteiger charge is 2.39. The first-order valence-corrected chi connectivity index (χ1v) is 11.6. The number of nitrogens with zero attached hydrogens (tertiary/aromatic N) is 1. The Labute approximate surface area is 198 Å². The van der Waals surface area contributed by atoms with E-state index < -0.39 is 0 Å². The second kappa shape index (κ2) is 9.26. The lowest BCUT2D eigenvalue weighted by atomic mass is 9.77. The summed E-state index contributed by atoms with van der Waals surface area (Å²) in [7, 11) is 0. The molecule has 172 valence electrons. The molecule has 0 saturated heterocycles. The summed E-state index contributed by atoms with van der Waals surface area (Å²) in [6, 6.07) is 21.6. The molecule has 1 amide bonds. The molecule has 0 spiro atoms. The van der Waals surface area contributed by atoms with Gasteiger partial charge in [0.05, 0.1) is 5.69 Å². The Bertz CT molecular complexity index is 1260. The number of hydrogen-bond donors (Lipinski definition) is 0. The van der Waals surface area contributed by atoms with Crippen molar-refractivity contribution in [1.82, 2.24) is 0 Å². The predicted molar refractivity (Wildman–Crippen MR) is 129 cm³/mol. The molecule has 5 heteroatoms. The van der Waals surface area contributed by atoms with Gasteiger partial charge >= 0.3 is 0 Å². The molecule has 3 aromatic carbocycles. The highest BCUT2D eigenvalue weighted by atomic mass is 19.1. The van der Waals surface area contributed by atoms with Crippen LogP contribution >= 0.6 is 0 Å². The Morgan fingerprint density at radius 3 is 2.41 bits per heavy atom. The lowest BCUT2D eigenvalue weighted by Gasteiger charge is -2.39. The highest BCUT2D eigenvalue weighted by molar-refractivity contribution is 6.07. The number of carbonyl (C=O) groups excluding carboxylic acids is 2. The lowest BCUT2D eigenvalue weighted by molar-refractivity contribution is -0.119. The maximum atomic E-state index is 13.4. The van der Waals surface area contributed by atoms with Gasteiger partial charge in [0.2, 0.25) is 5.91 Å². The Morgan fingerprint density at radius 1 is 0.941 bits per heavy atom. The molecule has 0 fully saturated rings. The van der Waals surface area contributed by atoms with Crippen LogP contribution in [0.4, 0.5) is 10.1 Å². The summed E-state index contributed by atoms with van der Waals surface area (Å²) in [5.74, 6) is 0.308. The number of benzene rings is 3. The zero-order valence-electron chi connectivity index (χ0n) is 19.1. The molecule has 5 rings (SSSR count). The molecule has 1 heterocycles. The molecule has 2 aliphatic rings. The van der Waals surface area contributed by atoms with Crippen molar-refractivity contribution in [1.29, 1.82) is 0 Å². The molecule has 0 aromatic heterocycles. The first kappa shape index (κ1) is 22.1. The Balaban J connectivity index is 1.42. The summed E-state index contributed by atoms with van der Waals surface area (Å²) in [5, 5.41) is 0. The number of anilines is 1. The van der Waals surface area contributed by atoms with Crippen molar-refractivity contribution in [3.05, 3.63) is 107 Å². The van der Waals surface area contributed by atoms with Gasteiger partial charge in [-0.05, 0) is 66.8 Å². The quantitative estimate of drug-likeness (QED) is 0.457. The van der Waals surface area contributed by atoms with E-state index in [2.05, 4.69) is 0 Å². The van der Waals surface area contributed by atoms with Crippen LogP contribution < -0.4 is 9.64 Å². The molecule has 0 radical (unpaired) electrons. The maximum absolute atomic E-state index is 13.4. The van der Waals surface area contributed by atoms with Gasteiger partial charge in [0.25, 0.3) is 0 Å². The van der Waals surface area contributed by atoms with Crippen LogP contribution in [-0.4, -0.2) is 11.7 Å². The molecule has 1 aliphatic heterocycles. The standard InChI is InChI=1S/C29H26FNO3/c1-19-5-2-3-6-25(19)31-26-7-4-8-27(32)29(26)24(17-28(31)33)21-11-15-23(16-12-21)34-18-20-9-13-22(30)14-10-20/h2-3,5-6,9-16,24H,4,7-8,17-18H2,1H3. The largest absolute Gasteiger partial charge is 0.489 e. The van der Waals surface area contributed by atoms with Crippen LogP contribution in [0.2, 0.25) is 0 Å². The van der Waals surface area contributed by atoms with E-state index in [1.54, 1.807) is 17.0 Å². The lowest BCUT2D eigenvalue weighted by Crippen LogP contribution is -2.40. The SMILES string of the molecule is Cc1ccccc1N1C(=O)CC(c2ccc(OCc3ccc(F)cc3)cc2)C2=C1CCCC2=O. The predicted octanol–water partition coefficient (Wildman–Crippen LogP) is 6.24. The first-order chi connectivity index (χ1) is 16.5. The number of amides is 1. The molecule has 1 unspecified atom stereocenters. The molecular weight excluding hydrogens is 429 g/mol. The average molecular weight is 456 g/mol. The first-order valence-electron chi connectivity index (χ1n) is 11.6. The number of para-hydroxylation sites is 1. The van der Waals surface area contributed by atoms with Crippen LogP contribution in [0.5, 0.6) is 5.75 Å². The second-order valence-corrected chi connectivity index (χ2v) is 8.89. The molecule has 3 aromatic rings. The van der Waals surface area contributed by atoms with Crippen LogP contribution in [0.1, 0.15) is 48.3 Å². The molecule has 34 heavy (non-hydrogen) atoms. The molecular formula is C29H26FNO3. The van der Waals surface area contributed by atoms with Crippen LogP contribution in [0, 0.1) is 12.7 Å². The number of hydrogen-bond acceptors (Lipinski definition) is 3. The van der Waals surface area contributed by atoms with Gasteiger partial charge in [-0.25, -0.2) is 4.39 Å². The minimum absolute atomic E-state index is 0.0180. The van der Waals surface area contributed by atoms with Crippen molar-refractivity contribution in [2.24, 2.45) is 0 Å². The smallest absolute Gasteiger partial charge is 0.232 e. The zero-order chi connectivity index (χ0) is 23.7. The monoisotopic (exact) mass is 455 g/mol. The number of rotatable bonds is 5. The van der Waals surface area contributed by atoms with Gasteiger partial charge in [0, 0.05) is 30.0 Å². The molecule has 1 aliphatic carbocycles. The fourth-order valence-electron chi connectivity index (χ4n) is 4.92. The van der Waals surface area contributed by atoms with Crippen LogP contribution in [-0.2, 0) is 16.2 Å². The maximum Gasteiger partial charge on any atom is 0.232 e. The van der Waals surface area contributed by atoms with E-state index in [4.69, 9.17) is 4.74 Å². The van der Waals surface area contributed by atoms with E-state index in [1.165, 1.54) is 12.1 Å². The van der Waals surface area contributed by atoms with E-state index in [9.17, 15) is 14.0 Å². The number of halogens is 1. The number of Topliss-reactive ketones (excluding diaryl/α,β-unsaturated/α-hetero) is 1. The number of ketones is 1. The summed E-state index contributed by atoms with van der Waals surface area (Å²) >= 11 is 0. The summed E-state index contributed by atoms with van der Waals surface area (Å²) in [4.78, 5) is 28.2. The molecule has 0 saturated carbocycles. The van der Waals surface area contributed by atoms with E-state index in [0.717, 1.165) is 46.5 Å². The molecule has 1 atom stereocenters. The third-order valence-electron chi connectivity index (χ3n) is 6.63. The normalized spacial score (nSPS) is 18.2. The van der Waals surface area contributed by atoms with Crippen molar-refractivity contribution in [2.75, 3.05) is 4.90 Å². The van der Waals surface area contributed by atoms with E-state index >= 15 is 0 Å². The van der Waals surface area contributed by atoms with Gasteiger partial charge in [0.15, 0.2) is 5.78 Å². The van der Waals surface area contributed by atoms with Gasteiger partial charge in [0.1, 0.15) is 18.2 Å². The number of aryl methyl sites for hydroxylation is 1. The van der Waals surface area contributed by atoms with Crippen molar-refractivity contribution in [3.63, 3.8) is 0 Å². The average Bonchev–Trinajstić information content (AvgIpc) is 2.84. The van der Waals surface area contributed by atoms with Gasteiger partial charge < -0.3 is 4.74 Å². The minimum atomic E-state index is -0.276. The topological polar surface area (TPSA) is 46.6 Å². The zero-order valence-corrected chi connectivity index (χ0v) is 19.1. The van der Waals surface area contributed by atoms with Gasteiger partial charge in [-0.2, -0.15) is 0 Å². The Hall–Kier alpha value is -3.73. The third kappa shape index (κ3) is 4.26. The Kier molecular flexibility index (Phi) is 6.01. The van der Waals surface area contributed by atoms with Crippen molar-refractivity contribution < 1.29 is 18.7 Å². The summed E-state index contributed by atoms with van der Waals surface area (Å²) in [6.45, 7) is 2.32. The van der Waals surface area contributed by atoms with Crippen molar-refractivity contribution in [2.45, 2.75) is 45.1 Å². The van der Waals surface area contributed by atoms with Crippen molar-refractivity contribution in [3.8, 4) is 5.75 Å². The fourth-order valence-corrected chi connectivity index (χ4v) is 4.92. The Morgan fingerprint density at radius 2 is 1.68 bits per heavy atom. The number of carbonyl (C=O) groups is 2. The number of allylic oxidation sites excluding steroid dienone is 2. The minimum Gasteiger partial charge on any atom is -0.489 e. The van der Waals surface area contributed by atoms with Crippen LogP contribution in [0.15, 0.2) is 84.1 Å². The fraction of sp³-hybridized carbons (Fsp3) is 0.241. The summed E-state index contributed by atoms with van der Waals surface area (Å²) in [5.41, 5.74) is 5.31. The summed E-state index contributed by atoms with van der Waals surface area (Å²) in [6.07, 6.45) is 2.26. The van der Waals surface area contributed by atoms with E-state index in [1.807, 2.05) is 55.5 Å². The van der Waals surface area contributed by atoms with Crippen molar-refractivity contribution >= 4 is 17.4 Å². The summed E-state index contributed by atoms with van der Waals surface area (Å²) < 4.78 is 18.9. The molecule has 0 N–H and O–H groups in total.